The lowest BCUT2D eigenvalue weighted by molar-refractivity contribution is -0.286. The summed E-state index contributed by atoms with van der Waals surface area (Å²) in [6, 6.07) is 3.49. The average molecular weight is 268 g/mol. The van der Waals surface area contributed by atoms with Crippen molar-refractivity contribution >= 4 is 23.2 Å². The van der Waals surface area contributed by atoms with Crippen LogP contribution in [0.4, 0.5) is 18.9 Å². The van der Waals surface area contributed by atoms with Crippen molar-refractivity contribution in [3.05, 3.63) is 18.2 Å². The number of benzene rings is 1. The molecule has 0 bridgehead atoms. The molecule has 0 saturated carbocycles. The summed E-state index contributed by atoms with van der Waals surface area (Å²) < 4.78 is 45.9. The standard InChI is InChI=1S/C9H5ClF3NO3/c10-7(11)8(15)14-4-1-2-5-6(3-4)17-9(12,13)16-5/h1-3,7H,(H,14,15). The second kappa shape index (κ2) is 3.99. The average Bonchev–Trinajstić information content (AvgIpc) is 2.50. The zero-order valence-electron chi connectivity index (χ0n) is 8.05. The number of rotatable bonds is 2. The maximum Gasteiger partial charge on any atom is 0.586 e. The molecule has 0 saturated heterocycles. The van der Waals surface area contributed by atoms with E-state index in [1.165, 1.54) is 6.07 Å². The maximum absolute atomic E-state index is 12.6. The maximum atomic E-state index is 12.6. The Hall–Kier alpha value is -1.63. The van der Waals surface area contributed by atoms with Gasteiger partial charge in [-0.05, 0) is 12.1 Å². The van der Waals surface area contributed by atoms with E-state index in [9.17, 15) is 18.0 Å². The molecule has 1 atom stereocenters. The number of nitrogens with one attached hydrogen (secondary N) is 1. The normalized spacial score (nSPS) is 17.6. The topological polar surface area (TPSA) is 47.6 Å². The zero-order chi connectivity index (χ0) is 12.6. The van der Waals surface area contributed by atoms with Crippen molar-refractivity contribution < 1.29 is 27.4 Å². The van der Waals surface area contributed by atoms with E-state index >= 15 is 0 Å². The van der Waals surface area contributed by atoms with Gasteiger partial charge in [-0.2, -0.15) is 0 Å². The molecule has 1 unspecified atom stereocenters. The predicted octanol–water partition coefficient (Wildman–Crippen LogP) is 2.48. The molecular weight excluding hydrogens is 263 g/mol. The molecule has 17 heavy (non-hydrogen) atoms. The van der Waals surface area contributed by atoms with Crippen LogP contribution in [0.3, 0.4) is 0 Å². The molecule has 1 aliphatic rings. The third kappa shape index (κ3) is 2.55. The highest BCUT2D eigenvalue weighted by Crippen LogP contribution is 2.42. The van der Waals surface area contributed by atoms with E-state index in [1.807, 2.05) is 0 Å². The van der Waals surface area contributed by atoms with E-state index in [4.69, 9.17) is 11.6 Å². The molecule has 0 spiro atoms. The summed E-state index contributed by atoms with van der Waals surface area (Å²) in [5.74, 6) is -1.52. The van der Waals surface area contributed by atoms with Gasteiger partial charge in [0, 0.05) is 11.8 Å². The zero-order valence-corrected chi connectivity index (χ0v) is 8.80. The Bertz CT molecular complexity index is 467. The Morgan fingerprint density at radius 2 is 2.00 bits per heavy atom. The number of carbonyl (C=O) groups is 1. The Labute approximate surface area is 98.3 Å². The first-order chi connectivity index (χ1) is 7.87. The SMILES string of the molecule is O=C(Nc1ccc2c(c1)OC(F)(F)O2)C(F)Cl. The number of alkyl halides is 4. The number of hydrogen-bond donors (Lipinski definition) is 1. The third-order valence-corrected chi connectivity index (χ3v) is 2.07. The van der Waals surface area contributed by atoms with Crippen molar-refractivity contribution in [3.63, 3.8) is 0 Å². The summed E-state index contributed by atoms with van der Waals surface area (Å²) in [5.41, 5.74) is -2.15. The van der Waals surface area contributed by atoms with Gasteiger partial charge in [0.2, 0.25) is 0 Å². The van der Waals surface area contributed by atoms with Crippen LogP contribution in [0.25, 0.3) is 0 Å². The molecule has 0 aromatic heterocycles. The smallest absolute Gasteiger partial charge is 0.395 e. The number of halogens is 4. The lowest BCUT2D eigenvalue weighted by atomic mass is 10.3. The number of amides is 1. The van der Waals surface area contributed by atoms with Crippen LogP contribution in [0.2, 0.25) is 0 Å². The molecular formula is C9H5ClF3NO3. The fourth-order valence-corrected chi connectivity index (χ4v) is 1.28. The molecule has 2 rings (SSSR count). The van der Waals surface area contributed by atoms with Crippen molar-refractivity contribution in [2.45, 2.75) is 11.9 Å². The van der Waals surface area contributed by atoms with Crippen LogP contribution >= 0.6 is 11.6 Å². The second-order valence-corrected chi connectivity index (χ2v) is 3.50. The van der Waals surface area contributed by atoms with Gasteiger partial charge in [-0.3, -0.25) is 4.79 Å². The van der Waals surface area contributed by atoms with E-state index in [0.29, 0.717) is 0 Å². The molecule has 92 valence electrons. The summed E-state index contributed by atoms with van der Waals surface area (Å²) in [7, 11) is 0. The first-order valence-electron chi connectivity index (χ1n) is 4.36. The van der Waals surface area contributed by atoms with Crippen LogP contribution in [-0.4, -0.2) is 17.8 Å². The van der Waals surface area contributed by atoms with Crippen LogP contribution in [0, 0.1) is 0 Å². The van der Waals surface area contributed by atoms with E-state index in [0.717, 1.165) is 12.1 Å². The minimum Gasteiger partial charge on any atom is -0.395 e. The number of ether oxygens (including phenoxy) is 2. The lowest BCUT2D eigenvalue weighted by Gasteiger charge is -2.05. The summed E-state index contributed by atoms with van der Waals surface area (Å²) >= 11 is 4.89. The molecule has 0 aliphatic carbocycles. The minimum atomic E-state index is -3.74. The molecule has 8 heteroatoms. The van der Waals surface area contributed by atoms with Gasteiger partial charge in [0.15, 0.2) is 11.5 Å². The van der Waals surface area contributed by atoms with Gasteiger partial charge in [-0.15, -0.1) is 8.78 Å². The highest BCUT2D eigenvalue weighted by Gasteiger charge is 2.43. The fourth-order valence-electron chi connectivity index (χ4n) is 1.22. The summed E-state index contributed by atoms with van der Waals surface area (Å²) in [4.78, 5) is 10.9. The van der Waals surface area contributed by atoms with Gasteiger partial charge in [-0.1, -0.05) is 11.6 Å². The molecule has 4 nitrogen and oxygen atoms in total. The molecule has 0 fully saturated rings. The van der Waals surface area contributed by atoms with Crippen LogP contribution in [0.15, 0.2) is 18.2 Å². The molecule has 0 radical (unpaired) electrons. The van der Waals surface area contributed by atoms with Crippen LogP contribution < -0.4 is 14.8 Å². The molecule has 1 aromatic carbocycles. The summed E-state index contributed by atoms with van der Waals surface area (Å²) in [6.45, 7) is 0. The summed E-state index contributed by atoms with van der Waals surface area (Å²) in [5, 5.41) is 2.07. The van der Waals surface area contributed by atoms with Gasteiger partial charge >= 0.3 is 6.29 Å². The molecule has 1 heterocycles. The molecule has 1 N–H and O–H groups in total. The van der Waals surface area contributed by atoms with Crippen LogP contribution in [0.5, 0.6) is 11.5 Å². The van der Waals surface area contributed by atoms with Crippen molar-refractivity contribution in [2.75, 3.05) is 5.32 Å². The van der Waals surface area contributed by atoms with Crippen LogP contribution in [0.1, 0.15) is 0 Å². The van der Waals surface area contributed by atoms with Gasteiger partial charge in [-0.25, -0.2) is 4.39 Å². The number of anilines is 1. The Kier molecular flexibility index (Phi) is 2.78. The van der Waals surface area contributed by atoms with Crippen molar-refractivity contribution in [3.8, 4) is 11.5 Å². The number of hydrogen-bond acceptors (Lipinski definition) is 3. The van der Waals surface area contributed by atoms with Crippen molar-refractivity contribution in [2.24, 2.45) is 0 Å². The first-order valence-corrected chi connectivity index (χ1v) is 4.80. The highest BCUT2D eigenvalue weighted by molar-refractivity contribution is 6.31. The Morgan fingerprint density at radius 3 is 2.65 bits per heavy atom. The molecule has 1 amide bonds. The quantitative estimate of drug-likeness (QED) is 0.838. The first kappa shape index (κ1) is 11.8. The largest absolute Gasteiger partial charge is 0.586 e. The highest BCUT2D eigenvalue weighted by atomic mass is 35.5. The Balaban J connectivity index is 2.17. The van der Waals surface area contributed by atoms with Gasteiger partial charge in [0.1, 0.15) is 0 Å². The molecule has 1 aliphatic heterocycles. The Morgan fingerprint density at radius 1 is 1.35 bits per heavy atom. The van der Waals surface area contributed by atoms with Crippen LogP contribution in [-0.2, 0) is 4.79 Å². The van der Waals surface area contributed by atoms with Gasteiger partial charge in [0.25, 0.3) is 11.5 Å². The third-order valence-electron chi connectivity index (χ3n) is 1.87. The lowest BCUT2D eigenvalue weighted by Crippen LogP contribution is -2.25. The number of carbonyl (C=O) groups excluding carboxylic acids is 1. The van der Waals surface area contributed by atoms with Crippen molar-refractivity contribution in [1.82, 2.24) is 0 Å². The number of fused-ring (bicyclic) bond motifs is 1. The van der Waals surface area contributed by atoms with Crippen molar-refractivity contribution in [1.29, 1.82) is 0 Å². The van der Waals surface area contributed by atoms with Gasteiger partial charge < -0.3 is 14.8 Å². The second-order valence-electron chi connectivity index (χ2n) is 3.12. The summed E-state index contributed by atoms with van der Waals surface area (Å²) in [6.07, 6.45) is -3.74. The van der Waals surface area contributed by atoms with E-state index in [-0.39, 0.29) is 17.2 Å². The van der Waals surface area contributed by atoms with Gasteiger partial charge in [0.05, 0.1) is 0 Å². The predicted molar refractivity (Wildman–Crippen MR) is 52.0 cm³/mol. The van der Waals surface area contributed by atoms with E-state index in [2.05, 4.69) is 14.8 Å². The van der Waals surface area contributed by atoms with E-state index < -0.39 is 17.8 Å². The van der Waals surface area contributed by atoms with E-state index in [1.54, 1.807) is 0 Å². The minimum absolute atomic E-state index is 0.0679. The molecule has 1 aromatic rings. The monoisotopic (exact) mass is 267 g/mol. The fraction of sp³-hybridized carbons (Fsp3) is 0.222.